The molecule has 0 spiro atoms. The summed E-state index contributed by atoms with van der Waals surface area (Å²) >= 11 is 0. The molecular formula is C31H42O4Y3-2. The summed E-state index contributed by atoms with van der Waals surface area (Å²) in [5.41, 5.74) is 7.25. The van der Waals surface area contributed by atoms with Crippen LogP contribution < -0.4 is 0 Å². The molecule has 4 nitrogen and oxygen atoms in total. The molecule has 0 aliphatic heterocycles. The fraction of sp³-hybridized carbons (Fsp3) is 0.484. The summed E-state index contributed by atoms with van der Waals surface area (Å²) in [6.45, 7) is 20.4. The summed E-state index contributed by atoms with van der Waals surface area (Å²) in [5, 5.41) is 0. The third-order valence-electron chi connectivity index (χ3n) is 7.26. The summed E-state index contributed by atoms with van der Waals surface area (Å²) in [7, 11) is 0. The fourth-order valence-corrected chi connectivity index (χ4v) is 4.37. The minimum Gasteiger partial charge on any atom is -0.461 e. The standard InChI is InChI=1S/C31H42O4.3Y/c1-9-11-13-31(14-12-10-2,19-34-29(32)27-15-21(3)25(7)22(4)16-27)20-35-30(33)28-17-23(5)26(8)24(6)18-28;;;/h15-18H,1-2,9-14,19-20H2,3-8H3;;;/q-2;;;. The molecule has 0 saturated carbocycles. The van der Waals surface area contributed by atoms with E-state index in [0.29, 0.717) is 11.1 Å². The van der Waals surface area contributed by atoms with Crippen LogP contribution in [-0.4, -0.2) is 25.2 Å². The number of carbonyl (C=O) groups is 2. The molecule has 0 bridgehead atoms. The van der Waals surface area contributed by atoms with Crippen molar-refractivity contribution in [3.8, 4) is 0 Å². The van der Waals surface area contributed by atoms with Crippen molar-refractivity contribution >= 4 is 11.9 Å². The van der Waals surface area contributed by atoms with Gasteiger partial charge < -0.3 is 23.3 Å². The Morgan fingerprint density at radius 1 is 0.632 bits per heavy atom. The molecule has 38 heavy (non-hydrogen) atoms. The molecule has 0 amide bonds. The predicted molar refractivity (Wildman–Crippen MR) is 143 cm³/mol. The summed E-state index contributed by atoms with van der Waals surface area (Å²) in [6, 6.07) is 7.50. The van der Waals surface area contributed by atoms with Crippen molar-refractivity contribution in [1.29, 1.82) is 0 Å². The Kier molecular flexibility index (Phi) is 21.2. The molecule has 0 saturated heterocycles. The zero-order chi connectivity index (χ0) is 26.2. The number of rotatable bonds is 12. The molecule has 0 heterocycles. The van der Waals surface area contributed by atoms with Crippen molar-refractivity contribution in [3.63, 3.8) is 0 Å². The van der Waals surface area contributed by atoms with Crippen molar-refractivity contribution in [2.24, 2.45) is 5.41 Å². The molecule has 201 valence electrons. The third-order valence-corrected chi connectivity index (χ3v) is 7.26. The van der Waals surface area contributed by atoms with Gasteiger partial charge in [-0.2, -0.15) is 12.8 Å². The molecule has 0 atom stereocenters. The number of esters is 2. The molecule has 2 aromatic rings. The van der Waals surface area contributed by atoms with Gasteiger partial charge in [-0.15, -0.1) is 0 Å². The zero-order valence-electron chi connectivity index (χ0n) is 24.2. The van der Waals surface area contributed by atoms with Crippen LogP contribution in [-0.2, 0) is 108 Å². The van der Waals surface area contributed by atoms with Crippen LogP contribution in [0, 0.1) is 60.8 Å². The van der Waals surface area contributed by atoms with Crippen molar-refractivity contribution in [2.45, 2.75) is 80.1 Å². The van der Waals surface area contributed by atoms with Crippen LogP contribution in [0.2, 0.25) is 0 Å². The maximum atomic E-state index is 13.0. The smallest absolute Gasteiger partial charge is 0.338 e. The number of carbonyl (C=O) groups excluding carboxylic acids is 2. The first-order valence-corrected chi connectivity index (χ1v) is 12.6. The summed E-state index contributed by atoms with van der Waals surface area (Å²) in [6.07, 6.45) is 4.76. The van der Waals surface area contributed by atoms with Gasteiger partial charge in [0.15, 0.2) is 0 Å². The van der Waals surface area contributed by atoms with Gasteiger partial charge in [-0.1, -0.05) is 12.8 Å². The fourth-order valence-electron chi connectivity index (χ4n) is 4.37. The molecule has 2 aromatic carbocycles. The van der Waals surface area contributed by atoms with Gasteiger partial charge in [-0.3, -0.25) is 0 Å². The second-order valence-corrected chi connectivity index (χ2v) is 10.0. The van der Waals surface area contributed by atoms with E-state index in [1.54, 1.807) is 0 Å². The molecule has 0 fully saturated rings. The van der Waals surface area contributed by atoms with Crippen LogP contribution in [0.5, 0.6) is 0 Å². The van der Waals surface area contributed by atoms with Crippen LogP contribution in [0.15, 0.2) is 24.3 Å². The first-order valence-electron chi connectivity index (χ1n) is 12.6. The normalized spacial score (nSPS) is 10.5. The van der Waals surface area contributed by atoms with Gasteiger partial charge in [0.1, 0.15) is 13.2 Å². The van der Waals surface area contributed by atoms with E-state index in [1.165, 1.54) is 11.1 Å². The molecule has 0 N–H and O–H groups in total. The van der Waals surface area contributed by atoms with Crippen molar-refractivity contribution < 1.29 is 117 Å². The van der Waals surface area contributed by atoms with Crippen molar-refractivity contribution in [3.05, 3.63) is 82.6 Å². The van der Waals surface area contributed by atoms with E-state index in [-0.39, 0.29) is 123 Å². The van der Waals surface area contributed by atoms with Gasteiger partial charge in [0, 0.05) is 104 Å². The molecule has 7 heteroatoms. The van der Waals surface area contributed by atoms with E-state index in [2.05, 4.69) is 13.8 Å². The number of aryl methyl sites for hydroxylation is 4. The van der Waals surface area contributed by atoms with Gasteiger partial charge in [0.2, 0.25) is 0 Å². The Morgan fingerprint density at radius 2 is 0.921 bits per heavy atom. The van der Waals surface area contributed by atoms with Crippen LogP contribution in [0.1, 0.15) is 92.6 Å². The van der Waals surface area contributed by atoms with Crippen LogP contribution in [0.25, 0.3) is 0 Å². The van der Waals surface area contributed by atoms with E-state index < -0.39 is 5.41 Å². The maximum absolute atomic E-state index is 13.0. The largest absolute Gasteiger partial charge is 0.461 e. The Morgan fingerprint density at radius 3 is 1.18 bits per heavy atom. The second kappa shape index (κ2) is 19.7. The van der Waals surface area contributed by atoms with Crippen LogP contribution in [0.3, 0.4) is 0 Å². The molecule has 0 aliphatic rings. The third kappa shape index (κ3) is 11.9. The predicted octanol–water partition coefficient (Wildman–Crippen LogP) is 7.54. The summed E-state index contributed by atoms with van der Waals surface area (Å²) < 4.78 is 11.7. The van der Waals surface area contributed by atoms with Gasteiger partial charge in [-0.25, -0.2) is 9.59 Å². The van der Waals surface area contributed by atoms with Crippen LogP contribution in [0.4, 0.5) is 0 Å². The minimum absolute atomic E-state index is 0. The van der Waals surface area contributed by atoms with Gasteiger partial charge >= 0.3 is 11.9 Å². The summed E-state index contributed by atoms with van der Waals surface area (Å²) in [4.78, 5) is 25.9. The number of hydrogen-bond donors (Lipinski definition) is 0. The van der Waals surface area contributed by atoms with Gasteiger partial charge in [0.05, 0.1) is 11.1 Å². The van der Waals surface area contributed by atoms with Crippen LogP contribution >= 0.6 is 0 Å². The Balaban J connectivity index is 0. The number of benzene rings is 2. The van der Waals surface area contributed by atoms with Gasteiger partial charge in [0.25, 0.3) is 0 Å². The molecule has 0 aliphatic carbocycles. The second-order valence-electron chi connectivity index (χ2n) is 10.0. The average Bonchev–Trinajstić information content (AvgIpc) is 2.83. The van der Waals surface area contributed by atoms with Gasteiger partial charge in [-0.05, 0) is 112 Å². The summed E-state index contributed by atoms with van der Waals surface area (Å²) in [5.74, 6) is -0.693. The molecule has 0 unspecified atom stereocenters. The number of unbranched alkanes of at least 4 members (excludes halogenated alkanes) is 2. The maximum Gasteiger partial charge on any atom is 0.338 e. The monoisotopic (exact) mass is 745 g/mol. The molecular weight excluding hydrogens is 703 g/mol. The van der Waals surface area contributed by atoms with E-state index in [9.17, 15) is 9.59 Å². The van der Waals surface area contributed by atoms with E-state index in [4.69, 9.17) is 9.47 Å². The number of ether oxygens (including phenoxy) is 2. The average molecular weight is 745 g/mol. The molecule has 3 radical (unpaired) electrons. The quantitative estimate of drug-likeness (QED) is 0.167. The van der Waals surface area contributed by atoms with E-state index >= 15 is 0 Å². The van der Waals surface area contributed by atoms with E-state index in [0.717, 1.165) is 60.8 Å². The van der Waals surface area contributed by atoms with Crippen molar-refractivity contribution in [1.82, 2.24) is 0 Å². The first-order chi connectivity index (χ1) is 16.5. The Labute approximate surface area is 306 Å². The minimum atomic E-state index is -0.468. The topological polar surface area (TPSA) is 52.6 Å². The Hall–Kier alpha value is 0.692. The SMILES string of the molecule is [CH2-]CCCC(CCC[CH2-])(COC(=O)c1cc(C)c(C)c(C)c1)COC(=O)c1cc(C)c(C)c(C)c1.[Y].[Y].[Y]. The van der Waals surface area contributed by atoms with Crippen molar-refractivity contribution in [2.75, 3.05) is 13.2 Å². The number of hydrogen-bond acceptors (Lipinski definition) is 4. The zero-order valence-corrected chi connectivity index (χ0v) is 32.8. The molecule has 0 aromatic heterocycles. The van der Waals surface area contributed by atoms with E-state index in [1.807, 2.05) is 65.8 Å². The molecule has 2 rings (SSSR count). The Bertz CT molecular complexity index is 920. The first kappa shape index (κ1) is 40.8.